The van der Waals surface area contributed by atoms with Gasteiger partial charge < -0.3 is 14.5 Å². The highest BCUT2D eigenvalue weighted by molar-refractivity contribution is 5.85. The van der Waals surface area contributed by atoms with Gasteiger partial charge in [-0.25, -0.2) is 9.37 Å². The molecule has 0 spiro atoms. The van der Waals surface area contributed by atoms with E-state index in [1.807, 2.05) is 30.3 Å². The monoisotopic (exact) mass is 348 g/mol. The fourth-order valence-electron chi connectivity index (χ4n) is 2.11. The van der Waals surface area contributed by atoms with Crippen LogP contribution in [0.3, 0.4) is 0 Å². The Bertz CT molecular complexity index is 732. The third kappa shape index (κ3) is 5.08. The van der Waals surface area contributed by atoms with Gasteiger partial charge in [-0.2, -0.15) is 0 Å². The van der Waals surface area contributed by atoms with Crippen LogP contribution in [0.4, 0.5) is 4.39 Å². The summed E-state index contributed by atoms with van der Waals surface area (Å²) in [5.74, 6) is 1.91. The van der Waals surface area contributed by atoms with E-state index >= 15 is 0 Å². The summed E-state index contributed by atoms with van der Waals surface area (Å²) in [6.45, 7) is 1.82. The minimum atomic E-state index is -0.255. The summed E-state index contributed by atoms with van der Waals surface area (Å²) in [6, 6.07) is 15.6. The zero-order chi connectivity index (χ0) is 15.9. The van der Waals surface area contributed by atoms with E-state index in [4.69, 9.17) is 9.15 Å². The second-order valence-electron chi connectivity index (χ2n) is 4.97. The summed E-state index contributed by atoms with van der Waals surface area (Å²) in [4.78, 5) is 4.08. The number of benzene rings is 1. The zero-order valence-electron chi connectivity index (χ0n) is 12.9. The SMILES string of the molecule is Cl.Fc1ccc(-c2ccc(CNCCOc3ccccn3)o2)cc1. The Morgan fingerprint density at radius 1 is 1.04 bits per heavy atom. The van der Waals surface area contributed by atoms with Crippen molar-refractivity contribution in [3.63, 3.8) is 0 Å². The summed E-state index contributed by atoms with van der Waals surface area (Å²) < 4.78 is 24.1. The second kappa shape index (κ2) is 9.05. The minimum absolute atomic E-state index is 0. The molecule has 2 aromatic heterocycles. The van der Waals surface area contributed by atoms with Gasteiger partial charge in [0.2, 0.25) is 5.88 Å². The molecule has 0 bridgehead atoms. The zero-order valence-corrected chi connectivity index (χ0v) is 13.8. The topological polar surface area (TPSA) is 47.3 Å². The van der Waals surface area contributed by atoms with E-state index in [0.29, 0.717) is 25.6 Å². The molecule has 6 heteroatoms. The summed E-state index contributed by atoms with van der Waals surface area (Å²) >= 11 is 0. The molecule has 0 fully saturated rings. The molecule has 0 unspecified atom stereocenters. The molecule has 0 atom stereocenters. The summed E-state index contributed by atoms with van der Waals surface area (Å²) in [6.07, 6.45) is 1.70. The number of halogens is 2. The van der Waals surface area contributed by atoms with Gasteiger partial charge in [-0.3, -0.25) is 0 Å². The molecule has 0 saturated heterocycles. The first-order valence-electron chi connectivity index (χ1n) is 7.40. The maximum absolute atomic E-state index is 12.9. The largest absolute Gasteiger partial charge is 0.476 e. The second-order valence-corrected chi connectivity index (χ2v) is 4.97. The van der Waals surface area contributed by atoms with Crippen molar-refractivity contribution < 1.29 is 13.5 Å². The van der Waals surface area contributed by atoms with Crippen LogP contribution >= 0.6 is 12.4 Å². The van der Waals surface area contributed by atoms with Gasteiger partial charge in [-0.15, -0.1) is 12.4 Å². The van der Waals surface area contributed by atoms with Gasteiger partial charge >= 0.3 is 0 Å². The van der Waals surface area contributed by atoms with Crippen LogP contribution in [0.1, 0.15) is 5.76 Å². The Hall–Kier alpha value is -2.37. The van der Waals surface area contributed by atoms with Crippen LogP contribution in [-0.2, 0) is 6.54 Å². The lowest BCUT2D eigenvalue weighted by atomic mass is 10.2. The number of aromatic nitrogens is 1. The van der Waals surface area contributed by atoms with E-state index in [0.717, 1.165) is 17.1 Å². The van der Waals surface area contributed by atoms with Crippen LogP contribution in [0.5, 0.6) is 5.88 Å². The Labute approximate surface area is 146 Å². The lowest BCUT2D eigenvalue weighted by Gasteiger charge is -2.05. The normalized spacial score (nSPS) is 10.2. The number of hydrogen-bond acceptors (Lipinski definition) is 4. The number of rotatable bonds is 7. The van der Waals surface area contributed by atoms with Gasteiger partial charge in [-0.05, 0) is 42.5 Å². The minimum Gasteiger partial charge on any atom is -0.476 e. The predicted octanol–water partition coefficient (Wildman–Crippen LogP) is 4.07. The van der Waals surface area contributed by atoms with E-state index < -0.39 is 0 Å². The first-order chi connectivity index (χ1) is 11.3. The Morgan fingerprint density at radius 2 is 1.88 bits per heavy atom. The van der Waals surface area contributed by atoms with Crippen molar-refractivity contribution in [3.8, 4) is 17.2 Å². The van der Waals surface area contributed by atoms with Crippen LogP contribution in [0.25, 0.3) is 11.3 Å². The van der Waals surface area contributed by atoms with E-state index in [2.05, 4.69) is 10.3 Å². The first-order valence-corrected chi connectivity index (χ1v) is 7.40. The van der Waals surface area contributed by atoms with Crippen LogP contribution in [0.2, 0.25) is 0 Å². The van der Waals surface area contributed by atoms with Crippen molar-refractivity contribution in [1.82, 2.24) is 10.3 Å². The number of nitrogens with one attached hydrogen (secondary N) is 1. The molecule has 2 heterocycles. The number of pyridine rings is 1. The van der Waals surface area contributed by atoms with Crippen LogP contribution in [0, 0.1) is 5.82 Å². The van der Waals surface area contributed by atoms with Gasteiger partial charge in [-0.1, -0.05) is 6.07 Å². The quantitative estimate of drug-likeness (QED) is 0.654. The number of ether oxygens (including phenoxy) is 1. The van der Waals surface area contributed by atoms with Gasteiger partial charge in [0.15, 0.2) is 0 Å². The van der Waals surface area contributed by atoms with Gasteiger partial charge in [0, 0.05) is 24.4 Å². The molecule has 0 aliphatic heterocycles. The Balaban J connectivity index is 0.00000208. The number of furan rings is 1. The van der Waals surface area contributed by atoms with Crippen LogP contribution in [-0.4, -0.2) is 18.1 Å². The van der Waals surface area contributed by atoms with Crippen LogP contribution in [0.15, 0.2) is 65.2 Å². The maximum atomic E-state index is 12.9. The third-order valence-corrected chi connectivity index (χ3v) is 3.26. The van der Waals surface area contributed by atoms with E-state index in [1.54, 1.807) is 18.3 Å². The van der Waals surface area contributed by atoms with Crippen molar-refractivity contribution >= 4 is 12.4 Å². The Morgan fingerprint density at radius 3 is 2.62 bits per heavy atom. The van der Waals surface area contributed by atoms with Crippen molar-refractivity contribution in [3.05, 3.63) is 72.4 Å². The molecule has 0 radical (unpaired) electrons. The fourth-order valence-corrected chi connectivity index (χ4v) is 2.11. The van der Waals surface area contributed by atoms with E-state index in [1.165, 1.54) is 12.1 Å². The molecule has 3 aromatic rings. The molecular formula is C18H18ClFN2O2. The molecule has 0 aliphatic carbocycles. The van der Waals surface area contributed by atoms with E-state index in [9.17, 15) is 4.39 Å². The number of nitrogens with zero attached hydrogens (tertiary/aromatic N) is 1. The highest BCUT2D eigenvalue weighted by Crippen LogP contribution is 2.22. The standard InChI is InChI=1S/C18H17FN2O2.ClH/c19-15-6-4-14(5-7-15)17-9-8-16(23-17)13-20-11-12-22-18-3-1-2-10-21-18;/h1-10,20H,11-13H2;1H. The molecule has 1 aromatic carbocycles. The van der Waals surface area contributed by atoms with Crippen molar-refractivity contribution in [2.24, 2.45) is 0 Å². The lowest BCUT2D eigenvalue weighted by Crippen LogP contribution is -2.20. The smallest absolute Gasteiger partial charge is 0.213 e. The molecule has 3 rings (SSSR count). The highest BCUT2D eigenvalue weighted by atomic mass is 35.5. The molecule has 0 saturated carbocycles. The predicted molar refractivity (Wildman–Crippen MR) is 92.8 cm³/mol. The lowest BCUT2D eigenvalue weighted by molar-refractivity contribution is 0.300. The van der Waals surface area contributed by atoms with Gasteiger partial charge in [0.05, 0.1) is 6.54 Å². The summed E-state index contributed by atoms with van der Waals surface area (Å²) in [7, 11) is 0. The van der Waals surface area contributed by atoms with Crippen molar-refractivity contribution in [1.29, 1.82) is 0 Å². The van der Waals surface area contributed by atoms with E-state index in [-0.39, 0.29) is 18.2 Å². The maximum Gasteiger partial charge on any atom is 0.213 e. The van der Waals surface area contributed by atoms with Crippen LogP contribution < -0.4 is 10.1 Å². The highest BCUT2D eigenvalue weighted by Gasteiger charge is 2.04. The average molecular weight is 349 g/mol. The van der Waals surface area contributed by atoms with Gasteiger partial charge in [0.25, 0.3) is 0 Å². The molecule has 0 aliphatic rings. The average Bonchev–Trinajstić information content (AvgIpc) is 3.05. The molecule has 24 heavy (non-hydrogen) atoms. The molecule has 1 N–H and O–H groups in total. The molecule has 0 amide bonds. The fraction of sp³-hybridized carbons (Fsp3) is 0.167. The number of hydrogen-bond donors (Lipinski definition) is 1. The summed E-state index contributed by atoms with van der Waals surface area (Å²) in [5.41, 5.74) is 0.858. The van der Waals surface area contributed by atoms with Crippen molar-refractivity contribution in [2.45, 2.75) is 6.54 Å². The Kier molecular flexibility index (Phi) is 6.78. The molecular weight excluding hydrogens is 331 g/mol. The summed E-state index contributed by atoms with van der Waals surface area (Å²) in [5, 5.41) is 3.24. The molecule has 126 valence electrons. The van der Waals surface area contributed by atoms with Crippen molar-refractivity contribution in [2.75, 3.05) is 13.2 Å². The molecule has 4 nitrogen and oxygen atoms in total. The van der Waals surface area contributed by atoms with Gasteiger partial charge in [0.1, 0.15) is 23.9 Å². The third-order valence-electron chi connectivity index (χ3n) is 3.26. The first kappa shape index (κ1) is 18.0.